The molecule has 1 heterocycles. The summed E-state index contributed by atoms with van der Waals surface area (Å²) in [6.45, 7) is 1.13. The summed E-state index contributed by atoms with van der Waals surface area (Å²) in [4.78, 5) is 9.81. The van der Waals surface area contributed by atoms with Gasteiger partial charge < -0.3 is 19.4 Å². The molecule has 0 fully saturated rings. The van der Waals surface area contributed by atoms with Crippen LogP contribution in [-0.2, 0) is 21.3 Å². The summed E-state index contributed by atoms with van der Waals surface area (Å²) in [5.74, 6) is -1.09. The van der Waals surface area contributed by atoms with Crippen molar-refractivity contribution in [1.29, 1.82) is 0 Å². The number of hydrogen-bond donors (Lipinski definition) is 0. The van der Waals surface area contributed by atoms with E-state index >= 15 is 0 Å². The van der Waals surface area contributed by atoms with Gasteiger partial charge in [-0.3, -0.25) is 0 Å². The van der Waals surface area contributed by atoms with E-state index in [1.807, 2.05) is 42.2 Å². The van der Waals surface area contributed by atoms with E-state index in [0.717, 1.165) is 0 Å². The Kier molecular flexibility index (Phi) is 10.1. The minimum atomic E-state index is -1.09. The number of nitrogens with zero attached hydrogens (tertiary/aromatic N) is 1. The zero-order valence-electron chi connectivity index (χ0n) is 10.3. The first-order valence-corrected chi connectivity index (χ1v) is 5.33. The molecule has 0 aliphatic rings. The highest BCUT2D eigenvalue weighted by atomic mass is 16.5. The van der Waals surface area contributed by atoms with Crippen LogP contribution in [0.3, 0.4) is 0 Å². The van der Waals surface area contributed by atoms with Crippen molar-refractivity contribution in [2.24, 2.45) is 7.05 Å². The van der Waals surface area contributed by atoms with Gasteiger partial charge in [-0.2, -0.15) is 0 Å². The van der Waals surface area contributed by atoms with Crippen molar-refractivity contribution < 1.29 is 23.9 Å². The van der Waals surface area contributed by atoms with E-state index in [1.165, 1.54) is 0 Å². The number of aliphatic carboxylic acids is 1. The van der Waals surface area contributed by atoms with E-state index in [1.54, 1.807) is 7.11 Å². The van der Waals surface area contributed by atoms with Gasteiger partial charge in [0.2, 0.25) is 0 Å². The minimum Gasteiger partial charge on any atom is -0.550 e. The largest absolute Gasteiger partial charge is 0.550 e. The Morgan fingerprint density at radius 1 is 1.18 bits per heavy atom. The average Bonchev–Trinajstić information content (AvgIpc) is 2.30. The van der Waals surface area contributed by atoms with Crippen molar-refractivity contribution in [3.63, 3.8) is 0 Å². The number of carboxylic acid groups (broad SMARTS) is 1. The first-order valence-electron chi connectivity index (χ1n) is 5.33. The van der Waals surface area contributed by atoms with E-state index in [4.69, 9.17) is 4.74 Å². The lowest BCUT2D eigenvalue weighted by molar-refractivity contribution is -0.671. The van der Waals surface area contributed by atoms with E-state index in [-0.39, 0.29) is 13.0 Å². The molecule has 0 spiro atoms. The number of hydrogen-bond acceptors (Lipinski definition) is 4. The standard InChI is InChI=1S/C6H8N.C6H12O4/c1-7-5-3-2-4-6-7;1-9-4-5-10-3-2-6(7)8/h2-6H,1H3;2-5H2,1H3,(H,7,8)/q+1;/p-1. The molecule has 0 aliphatic carbocycles. The highest BCUT2D eigenvalue weighted by Crippen LogP contribution is 1.80. The lowest BCUT2D eigenvalue weighted by atomic mass is 10.5. The Morgan fingerprint density at radius 2 is 1.82 bits per heavy atom. The van der Waals surface area contributed by atoms with Gasteiger partial charge in [0.25, 0.3) is 0 Å². The van der Waals surface area contributed by atoms with Gasteiger partial charge in [-0.1, -0.05) is 6.07 Å². The number of aryl methyl sites for hydroxylation is 1. The summed E-state index contributed by atoms with van der Waals surface area (Å²) < 4.78 is 11.5. The lowest BCUT2D eigenvalue weighted by Gasteiger charge is -2.02. The highest BCUT2D eigenvalue weighted by molar-refractivity contribution is 5.64. The van der Waals surface area contributed by atoms with Gasteiger partial charge >= 0.3 is 0 Å². The molecule has 1 aromatic heterocycles. The second kappa shape index (κ2) is 11.0. The molecule has 17 heavy (non-hydrogen) atoms. The summed E-state index contributed by atoms with van der Waals surface area (Å²) in [6.07, 6.45) is 3.95. The van der Waals surface area contributed by atoms with Gasteiger partial charge in [0.1, 0.15) is 7.05 Å². The number of carboxylic acids is 1. The van der Waals surface area contributed by atoms with Crippen molar-refractivity contribution in [2.75, 3.05) is 26.9 Å². The molecule has 0 atom stereocenters. The van der Waals surface area contributed by atoms with Crippen molar-refractivity contribution in [3.8, 4) is 0 Å². The van der Waals surface area contributed by atoms with E-state index < -0.39 is 5.97 Å². The number of carbonyl (C=O) groups is 1. The summed E-state index contributed by atoms with van der Waals surface area (Å²) in [7, 11) is 3.56. The summed E-state index contributed by atoms with van der Waals surface area (Å²) >= 11 is 0. The molecule has 0 saturated carbocycles. The molecular weight excluding hydrogens is 222 g/mol. The maximum Gasteiger partial charge on any atom is 0.168 e. The van der Waals surface area contributed by atoms with Crippen molar-refractivity contribution in [3.05, 3.63) is 30.6 Å². The third kappa shape index (κ3) is 12.5. The maximum atomic E-state index is 9.81. The highest BCUT2D eigenvalue weighted by Gasteiger charge is 1.87. The predicted molar refractivity (Wildman–Crippen MR) is 59.9 cm³/mol. The number of pyridine rings is 1. The molecular formula is C12H19NO4. The molecule has 5 heteroatoms. The smallest absolute Gasteiger partial charge is 0.168 e. The molecule has 0 saturated heterocycles. The molecule has 0 amide bonds. The van der Waals surface area contributed by atoms with Crippen LogP contribution < -0.4 is 9.67 Å². The monoisotopic (exact) mass is 241 g/mol. The molecule has 0 radical (unpaired) electrons. The summed E-state index contributed by atoms with van der Waals surface area (Å²) in [5.41, 5.74) is 0. The van der Waals surface area contributed by atoms with Crippen LogP contribution in [0.25, 0.3) is 0 Å². The summed E-state index contributed by atoms with van der Waals surface area (Å²) in [6, 6.07) is 6.00. The van der Waals surface area contributed by atoms with Crippen molar-refractivity contribution in [2.45, 2.75) is 6.42 Å². The number of methoxy groups -OCH3 is 1. The first-order chi connectivity index (χ1) is 8.16. The van der Waals surface area contributed by atoms with Crippen LogP contribution in [0.2, 0.25) is 0 Å². The van der Waals surface area contributed by atoms with Gasteiger partial charge in [-0.15, -0.1) is 0 Å². The fourth-order valence-electron chi connectivity index (χ4n) is 0.885. The van der Waals surface area contributed by atoms with Crippen LogP contribution in [0.1, 0.15) is 6.42 Å². The van der Waals surface area contributed by atoms with Gasteiger partial charge in [-0.25, -0.2) is 4.57 Å². The molecule has 5 nitrogen and oxygen atoms in total. The number of rotatable bonds is 6. The van der Waals surface area contributed by atoms with Gasteiger partial charge in [-0.05, 0) is 0 Å². The second-order valence-electron chi connectivity index (χ2n) is 3.27. The molecule has 0 aliphatic heterocycles. The minimum absolute atomic E-state index is 0.0519. The Hall–Kier alpha value is -1.46. The van der Waals surface area contributed by atoms with Crippen LogP contribution in [0.15, 0.2) is 30.6 Å². The molecule has 1 aromatic rings. The molecule has 0 bridgehead atoms. The van der Waals surface area contributed by atoms with Gasteiger partial charge in [0.05, 0.1) is 19.8 Å². The third-order valence-electron chi connectivity index (χ3n) is 1.75. The zero-order valence-corrected chi connectivity index (χ0v) is 10.3. The van der Waals surface area contributed by atoms with E-state index in [2.05, 4.69) is 4.74 Å². The van der Waals surface area contributed by atoms with Crippen molar-refractivity contribution in [1.82, 2.24) is 0 Å². The predicted octanol–water partition coefficient (Wildman–Crippen LogP) is -0.699. The summed E-state index contributed by atoms with van der Waals surface area (Å²) in [5, 5.41) is 9.81. The van der Waals surface area contributed by atoms with E-state index in [0.29, 0.717) is 13.2 Å². The Bertz CT molecular complexity index is 290. The topological polar surface area (TPSA) is 62.5 Å². The average molecular weight is 241 g/mol. The SMILES string of the molecule is COCCOCCC(=O)[O-].C[n+]1ccccc1. The van der Waals surface area contributed by atoms with Crippen molar-refractivity contribution >= 4 is 5.97 Å². The van der Waals surface area contributed by atoms with E-state index in [9.17, 15) is 9.90 Å². The quantitative estimate of drug-likeness (QED) is 0.488. The number of aromatic nitrogens is 1. The zero-order chi connectivity index (χ0) is 12.9. The first kappa shape index (κ1) is 15.5. The van der Waals surface area contributed by atoms with Crippen LogP contribution in [-0.4, -0.2) is 32.9 Å². The molecule has 96 valence electrons. The Balaban J connectivity index is 0.000000318. The van der Waals surface area contributed by atoms with Gasteiger partial charge in [0.15, 0.2) is 12.4 Å². The fourth-order valence-corrected chi connectivity index (χ4v) is 0.885. The second-order valence-corrected chi connectivity index (χ2v) is 3.27. The van der Waals surface area contributed by atoms with Crippen LogP contribution >= 0.6 is 0 Å². The van der Waals surface area contributed by atoms with Gasteiger partial charge in [0, 0.05) is 31.6 Å². The number of carbonyl (C=O) groups excluding carboxylic acids is 1. The Labute approximate surface area is 102 Å². The molecule has 0 aromatic carbocycles. The fraction of sp³-hybridized carbons (Fsp3) is 0.500. The maximum absolute atomic E-state index is 9.81. The normalized spacial score (nSPS) is 9.29. The van der Waals surface area contributed by atoms with Crippen LogP contribution in [0.4, 0.5) is 0 Å². The van der Waals surface area contributed by atoms with Crippen LogP contribution in [0, 0.1) is 0 Å². The lowest BCUT2D eigenvalue weighted by Crippen LogP contribution is -2.25. The number of ether oxygens (including phenoxy) is 2. The molecule has 0 N–H and O–H groups in total. The Morgan fingerprint density at radius 3 is 2.24 bits per heavy atom. The molecule has 1 rings (SSSR count). The third-order valence-corrected chi connectivity index (χ3v) is 1.75. The van der Waals surface area contributed by atoms with Crippen LogP contribution in [0.5, 0.6) is 0 Å². The molecule has 0 unspecified atom stereocenters.